The Morgan fingerprint density at radius 3 is 2.40 bits per heavy atom. The number of hydrogen-bond acceptors (Lipinski definition) is 5. The standard InChI is InChI=1S/C17H15ClF3N3O5S/c1-10-3-5-12(24(26)27)8-15(10)23(30(2,28)29)9-16(25)22-14-7-11(17(19,20)21)4-6-13(14)18/h3-8H,9H2,1-2H3,(H,22,25). The predicted octanol–water partition coefficient (Wildman–Crippen LogP) is 3.98. The summed E-state index contributed by atoms with van der Waals surface area (Å²) < 4.78 is 63.7. The van der Waals surface area contributed by atoms with Gasteiger partial charge in [0.05, 0.1) is 33.1 Å². The fourth-order valence-corrected chi connectivity index (χ4v) is 3.55. The maximum Gasteiger partial charge on any atom is 0.416 e. The molecule has 0 heterocycles. The number of alkyl halides is 3. The molecular weight excluding hydrogens is 451 g/mol. The molecule has 1 amide bonds. The first-order valence-corrected chi connectivity index (χ1v) is 10.3. The minimum atomic E-state index is -4.68. The third kappa shape index (κ3) is 5.60. The van der Waals surface area contributed by atoms with Crippen molar-refractivity contribution in [2.75, 3.05) is 22.4 Å². The number of nitrogens with zero attached hydrogens (tertiary/aromatic N) is 2. The third-order valence-electron chi connectivity index (χ3n) is 3.93. The number of rotatable bonds is 6. The van der Waals surface area contributed by atoms with Crippen LogP contribution >= 0.6 is 11.6 Å². The Bertz CT molecular complexity index is 1110. The number of hydrogen-bond donors (Lipinski definition) is 1. The Kier molecular flexibility index (Phi) is 6.62. The van der Waals surface area contributed by atoms with Crippen molar-refractivity contribution in [1.82, 2.24) is 0 Å². The van der Waals surface area contributed by atoms with Gasteiger partial charge in [-0.1, -0.05) is 17.7 Å². The molecule has 0 atom stereocenters. The number of nitro groups is 1. The molecule has 0 aliphatic rings. The number of sulfonamides is 1. The third-order valence-corrected chi connectivity index (χ3v) is 5.38. The Balaban J connectivity index is 2.37. The van der Waals surface area contributed by atoms with Crippen LogP contribution in [0.15, 0.2) is 36.4 Å². The maximum absolute atomic E-state index is 12.9. The quantitative estimate of drug-likeness (QED) is 0.512. The SMILES string of the molecule is Cc1ccc([N+](=O)[O-])cc1N(CC(=O)Nc1cc(C(F)(F)F)ccc1Cl)S(C)(=O)=O. The molecule has 0 aliphatic heterocycles. The highest BCUT2D eigenvalue weighted by Gasteiger charge is 2.31. The lowest BCUT2D eigenvalue weighted by molar-refractivity contribution is -0.384. The molecule has 0 saturated carbocycles. The second-order valence-corrected chi connectivity index (χ2v) is 8.55. The zero-order chi connectivity index (χ0) is 22.9. The van der Waals surface area contributed by atoms with Gasteiger partial charge in [-0.2, -0.15) is 13.2 Å². The van der Waals surface area contributed by atoms with Crippen molar-refractivity contribution >= 4 is 44.6 Å². The molecular formula is C17H15ClF3N3O5S. The first-order chi connectivity index (χ1) is 13.7. The fourth-order valence-electron chi connectivity index (χ4n) is 2.48. The smallest absolute Gasteiger partial charge is 0.323 e. The molecule has 0 radical (unpaired) electrons. The minimum Gasteiger partial charge on any atom is -0.323 e. The van der Waals surface area contributed by atoms with Gasteiger partial charge in [-0.05, 0) is 30.7 Å². The summed E-state index contributed by atoms with van der Waals surface area (Å²) in [6.07, 6.45) is -3.89. The highest BCUT2D eigenvalue weighted by Crippen LogP contribution is 2.34. The largest absolute Gasteiger partial charge is 0.416 e. The number of nitrogens with one attached hydrogen (secondary N) is 1. The number of carbonyl (C=O) groups is 1. The second-order valence-electron chi connectivity index (χ2n) is 6.24. The van der Waals surface area contributed by atoms with Crippen LogP contribution in [0.1, 0.15) is 11.1 Å². The van der Waals surface area contributed by atoms with Crippen LogP contribution < -0.4 is 9.62 Å². The summed E-state index contributed by atoms with van der Waals surface area (Å²) in [5, 5.41) is 13.0. The number of non-ortho nitro benzene ring substituents is 1. The zero-order valence-electron chi connectivity index (χ0n) is 15.5. The van der Waals surface area contributed by atoms with Crippen LogP contribution in [0.5, 0.6) is 0 Å². The topological polar surface area (TPSA) is 110 Å². The number of aryl methyl sites for hydroxylation is 1. The number of anilines is 2. The number of amides is 1. The minimum absolute atomic E-state index is 0.114. The average Bonchev–Trinajstić information content (AvgIpc) is 2.60. The number of nitro benzene ring substituents is 1. The lowest BCUT2D eigenvalue weighted by atomic mass is 10.1. The summed E-state index contributed by atoms with van der Waals surface area (Å²) in [6.45, 7) is 0.645. The summed E-state index contributed by atoms with van der Waals surface area (Å²) in [5.74, 6) is -0.993. The van der Waals surface area contributed by atoms with E-state index < -0.39 is 44.8 Å². The van der Waals surface area contributed by atoms with Crippen molar-refractivity contribution in [1.29, 1.82) is 0 Å². The molecule has 2 aromatic carbocycles. The Hall–Kier alpha value is -2.86. The lowest BCUT2D eigenvalue weighted by Gasteiger charge is -2.23. The summed E-state index contributed by atoms with van der Waals surface area (Å²) in [4.78, 5) is 22.7. The van der Waals surface area contributed by atoms with Crippen molar-refractivity contribution < 1.29 is 31.3 Å². The van der Waals surface area contributed by atoms with Gasteiger partial charge in [-0.25, -0.2) is 8.42 Å². The van der Waals surface area contributed by atoms with E-state index in [1.807, 2.05) is 0 Å². The monoisotopic (exact) mass is 465 g/mol. The lowest BCUT2D eigenvalue weighted by Crippen LogP contribution is -2.38. The van der Waals surface area contributed by atoms with Gasteiger partial charge in [0.1, 0.15) is 6.54 Å². The van der Waals surface area contributed by atoms with E-state index in [0.29, 0.717) is 15.9 Å². The van der Waals surface area contributed by atoms with Gasteiger partial charge in [0.15, 0.2) is 0 Å². The molecule has 2 aromatic rings. The predicted molar refractivity (Wildman–Crippen MR) is 105 cm³/mol. The van der Waals surface area contributed by atoms with Crippen LogP contribution in [0.25, 0.3) is 0 Å². The molecule has 0 unspecified atom stereocenters. The molecule has 0 spiro atoms. The first kappa shape index (κ1) is 23.4. The highest BCUT2D eigenvalue weighted by atomic mass is 35.5. The van der Waals surface area contributed by atoms with E-state index in [1.54, 1.807) is 0 Å². The maximum atomic E-state index is 12.9. The second kappa shape index (κ2) is 8.48. The van der Waals surface area contributed by atoms with E-state index in [9.17, 15) is 36.5 Å². The number of halogens is 4. The van der Waals surface area contributed by atoms with E-state index in [0.717, 1.165) is 24.5 Å². The Labute approximate surface area is 174 Å². The van der Waals surface area contributed by atoms with Crippen LogP contribution in [0.4, 0.5) is 30.2 Å². The van der Waals surface area contributed by atoms with Crippen molar-refractivity contribution in [3.05, 3.63) is 62.7 Å². The molecule has 8 nitrogen and oxygen atoms in total. The van der Waals surface area contributed by atoms with Gasteiger partial charge in [-0.3, -0.25) is 19.2 Å². The van der Waals surface area contributed by atoms with Gasteiger partial charge >= 0.3 is 6.18 Å². The van der Waals surface area contributed by atoms with Crippen molar-refractivity contribution in [3.63, 3.8) is 0 Å². The van der Waals surface area contributed by atoms with Crippen LogP contribution in [0, 0.1) is 17.0 Å². The molecule has 0 aromatic heterocycles. The van der Waals surface area contributed by atoms with Gasteiger partial charge in [0, 0.05) is 12.1 Å². The van der Waals surface area contributed by atoms with Crippen molar-refractivity contribution in [3.8, 4) is 0 Å². The number of benzene rings is 2. The van der Waals surface area contributed by atoms with E-state index in [1.165, 1.54) is 19.1 Å². The van der Waals surface area contributed by atoms with Gasteiger partial charge < -0.3 is 5.32 Å². The van der Waals surface area contributed by atoms with Crippen molar-refractivity contribution in [2.45, 2.75) is 13.1 Å². The Morgan fingerprint density at radius 2 is 1.87 bits per heavy atom. The van der Waals surface area contributed by atoms with E-state index in [-0.39, 0.29) is 16.4 Å². The molecule has 13 heteroatoms. The van der Waals surface area contributed by atoms with E-state index >= 15 is 0 Å². The molecule has 162 valence electrons. The van der Waals surface area contributed by atoms with Crippen LogP contribution in [0.3, 0.4) is 0 Å². The van der Waals surface area contributed by atoms with Crippen molar-refractivity contribution in [2.24, 2.45) is 0 Å². The molecule has 0 bridgehead atoms. The van der Waals surface area contributed by atoms with Gasteiger partial charge in [-0.15, -0.1) is 0 Å². The molecule has 1 N–H and O–H groups in total. The highest BCUT2D eigenvalue weighted by molar-refractivity contribution is 7.92. The average molecular weight is 466 g/mol. The normalized spacial score (nSPS) is 11.8. The summed E-state index contributed by atoms with van der Waals surface area (Å²) in [5.41, 5.74) is -1.60. The van der Waals surface area contributed by atoms with Crippen LogP contribution in [0.2, 0.25) is 5.02 Å². The first-order valence-electron chi connectivity index (χ1n) is 8.09. The number of carbonyl (C=O) groups excluding carboxylic acids is 1. The summed E-state index contributed by atoms with van der Waals surface area (Å²) in [7, 11) is -4.07. The fraction of sp³-hybridized carbons (Fsp3) is 0.235. The molecule has 30 heavy (non-hydrogen) atoms. The zero-order valence-corrected chi connectivity index (χ0v) is 17.1. The molecule has 2 rings (SSSR count). The molecule has 0 saturated heterocycles. The van der Waals surface area contributed by atoms with Crippen LogP contribution in [-0.4, -0.2) is 32.0 Å². The van der Waals surface area contributed by atoms with Crippen LogP contribution in [-0.2, 0) is 21.0 Å². The van der Waals surface area contributed by atoms with E-state index in [4.69, 9.17) is 11.6 Å². The van der Waals surface area contributed by atoms with Gasteiger partial charge in [0.2, 0.25) is 15.9 Å². The summed E-state index contributed by atoms with van der Waals surface area (Å²) in [6, 6.07) is 5.76. The van der Waals surface area contributed by atoms with E-state index in [2.05, 4.69) is 5.32 Å². The Morgan fingerprint density at radius 1 is 1.23 bits per heavy atom. The van der Waals surface area contributed by atoms with Gasteiger partial charge in [0.25, 0.3) is 5.69 Å². The molecule has 0 fully saturated rings. The summed E-state index contributed by atoms with van der Waals surface area (Å²) >= 11 is 5.83. The molecule has 0 aliphatic carbocycles.